The van der Waals surface area contributed by atoms with Crippen LogP contribution in [0.2, 0.25) is 0 Å². The van der Waals surface area contributed by atoms with Gasteiger partial charge in [-0.25, -0.2) is 0 Å². The first-order valence-electron chi connectivity index (χ1n) is 6.22. The Balaban J connectivity index is 4.23. The van der Waals surface area contributed by atoms with E-state index in [-0.39, 0.29) is 5.54 Å². The van der Waals surface area contributed by atoms with Crippen LogP contribution >= 0.6 is 0 Å². The third-order valence-electron chi connectivity index (χ3n) is 3.11. The normalized spacial score (nSPS) is 13.2. The fourth-order valence-corrected chi connectivity index (χ4v) is 1.53. The lowest BCUT2D eigenvalue weighted by Gasteiger charge is -2.35. The van der Waals surface area contributed by atoms with Crippen LogP contribution in [-0.4, -0.2) is 25.3 Å². The minimum absolute atomic E-state index is 0.196. The molecular formula is C13H29NO. The van der Waals surface area contributed by atoms with Crippen molar-refractivity contribution < 1.29 is 4.74 Å². The molecule has 0 saturated heterocycles. The van der Waals surface area contributed by atoms with Crippen LogP contribution in [0.5, 0.6) is 0 Å². The van der Waals surface area contributed by atoms with Crippen LogP contribution < -0.4 is 5.32 Å². The van der Waals surface area contributed by atoms with Gasteiger partial charge in [-0.1, -0.05) is 13.8 Å². The minimum atomic E-state index is 0.196. The van der Waals surface area contributed by atoms with Gasteiger partial charge in [0.15, 0.2) is 0 Å². The molecule has 0 fully saturated rings. The molecule has 0 aliphatic rings. The van der Waals surface area contributed by atoms with Gasteiger partial charge in [0.05, 0.1) is 6.61 Å². The van der Waals surface area contributed by atoms with Crippen LogP contribution in [0.25, 0.3) is 0 Å². The van der Waals surface area contributed by atoms with Crippen LogP contribution in [0.1, 0.15) is 54.4 Å². The highest BCUT2D eigenvalue weighted by Gasteiger charge is 2.27. The van der Waals surface area contributed by atoms with Gasteiger partial charge in [0.2, 0.25) is 0 Å². The molecule has 0 aromatic heterocycles. The zero-order valence-electron chi connectivity index (χ0n) is 11.4. The Labute approximate surface area is 95.8 Å². The monoisotopic (exact) mass is 215 g/mol. The van der Waals surface area contributed by atoms with E-state index < -0.39 is 0 Å². The van der Waals surface area contributed by atoms with Crippen molar-refractivity contribution in [1.82, 2.24) is 5.32 Å². The summed E-state index contributed by atoms with van der Waals surface area (Å²) in [5.41, 5.74) is 0.505. The third kappa shape index (κ3) is 6.16. The van der Waals surface area contributed by atoms with E-state index in [0.717, 1.165) is 19.8 Å². The summed E-state index contributed by atoms with van der Waals surface area (Å²) in [7, 11) is 0. The molecule has 0 saturated carbocycles. The van der Waals surface area contributed by atoms with E-state index >= 15 is 0 Å². The highest BCUT2D eigenvalue weighted by atomic mass is 16.5. The molecule has 0 radical (unpaired) electrons. The second-order valence-electron chi connectivity index (χ2n) is 5.45. The second kappa shape index (κ2) is 6.49. The number of rotatable bonds is 7. The summed E-state index contributed by atoms with van der Waals surface area (Å²) in [6.07, 6.45) is 2.35. The number of ether oxygens (including phenoxy) is 1. The molecule has 2 nitrogen and oxygen atoms in total. The Kier molecular flexibility index (Phi) is 6.46. The van der Waals surface area contributed by atoms with Crippen molar-refractivity contribution >= 4 is 0 Å². The Bertz CT molecular complexity index is 156. The van der Waals surface area contributed by atoms with E-state index in [1.165, 1.54) is 12.8 Å². The molecule has 1 N–H and O–H groups in total. The van der Waals surface area contributed by atoms with Gasteiger partial charge >= 0.3 is 0 Å². The molecule has 0 unspecified atom stereocenters. The molecule has 0 aliphatic carbocycles. The molecule has 92 valence electrons. The van der Waals surface area contributed by atoms with Crippen LogP contribution in [-0.2, 0) is 4.74 Å². The highest BCUT2D eigenvalue weighted by Crippen LogP contribution is 2.26. The SMILES string of the molecule is CCOCC(CC)(CC)CNC(C)(C)C. The number of hydrogen-bond acceptors (Lipinski definition) is 2. The Morgan fingerprint density at radius 3 is 1.87 bits per heavy atom. The summed E-state index contributed by atoms with van der Waals surface area (Å²) in [6.45, 7) is 15.9. The van der Waals surface area contributed by atoms with Gasteiger partial charge in [-0.05, 0) is 40.5 Å². The molecule has 0 bridgehead atoms. The number of nitrogens with one attached hydrogen (secondary N) is 1. The zero-order valence-corrected chi connectivity index (χ0v) is 11.4. The molecule has 0 aliphatic heterocycles. The van der Waals surface area contributed by atoms with Gasteiger partial charge in [0.25, 0.3) is 0 Å². The molecule has 0 amide bonds. The van der Waals surface area contributed by atoms with E-state index in [9.17, 15) is 0 Å². The summed E-state index contributed by atoms with van der Waals surface area (Å²) in [5, 5.41) is 3.59. The third-order valence-corrected chi connectivity index (χ3v) is 3.11. The maximum Gasteiger partial charge on any atom is 0.0534 e. The lowest BCUT2D eigenvalue weighted by molar-refractivity contribution is 0.0408. The quantitative estimate of drug-likeness (QED) is 0.704. The van der Waals surface area contributed by atoms with E-state index in [2.05, 4.69) is 46.9 Å². The van der Waals surface area contributed by atoms with E-state index in [1.807, 2.05) is 0 Å². The molecule has 0 heterocycles. The molecule has 2 heteroatoms. The maximum absolute atomic E-state index is 5.61. The van der Waals surface area contributed by atoms with Gasteiger partial charge in [-0.15, -0.1) is 0 Å². The summed E-state index contributed by atoms with van der Waals surface area (Å²) < 4.78 is 5.61. The van der Waals surface area contributed by atoms with Crippen molar-refractivity contribution in [2.24, 2.45) is 5.41 Å². The fraction of sp³-hybridized carbons (Fsp3) is 1.00. The minimum Gasteiger partial charge on any atom is -0.381 e. The topological polar surface area (TPSA) is 21.3 Å². The maximum atomic E-state index is 5.61. The molecule has 0 spiro atoms. The van der Waals surface area contributed by atoms with E-state index in [4.69, 9.17) is 4.74 Å². The first-order chi connectivity index (χ1) is 6.89. The van der Waals surface area contributed by atoms with Crippen molar-refractivity contribution in [3.05, 3.63) is 0 Å². The first kappa shape index (κ1) is 14.9. The van der Waals surface area contributed by atoms with Crippen LogP contribution in [0.4, 0.5) is 0 Å². The van der Waals surface area contributed by atoms with Crippen molar-refractivity contribution in [1.29, 1.82) is 0 Å². The lowest BCUT2D eigenvalue weighted by atomic mass is 9.82. The smallest absolute Gasteiger partial charge is 0.0534 e. The van der Waals surface area contributed by atoms with Crippen molar-refractivity contribution in [3.8, 4) is 0 Å². The van der Waals surface area contributed by atoms with Crippen molar-refractivity contribution in [3.63, 3.8) is 0 Å². The molecule has 15 heavy (non-hydrogen) atoms. The van der Waals surface area contributed by atoms with Gasteiger partial charge in [-0.3, -0.25) is 0 Å². The summed E-state index contributed by atoms with van der Waals surface area (Å²) in [6, 6.07) is 0. The molecule has 0 atom stereocenters. The predicted molar refractivity (Wildman–Crippen MR) is 67.3 cm³/mol. The Morgan fingerprint density at radius 2 is 1.53 bits per heavy atom. The zero-order chi connectivity index (χ0) is 11.9. The molecule has 0 aromatic carbocycles. The van der Waals surface area contributed by atoms with Gasteiger partial charge < -0.3 is 10.1 Å². The standard InChI is InChI=1S/C13H29NO/c1-7-13(8-2,11-15-9-3)10-14-12(4,5)6/h14H,7-11H2,1-6H3. The van der Waals surface area contributed by atoms with E-state index in [0.29, 0.717) is 5.41 Å². The van der Waals surface area contributed by atoms with Crippen LogP contribution in [0.3, 0.4) is 0 Å². The highest BCUT2D eigenvalue weighted by molar-refractivity contribution is 4.82. The Hall–Kier alpha value is -0.0800. The fourth-order valence-electron chi connectivity index (χ4n) is 1.53. The molecular weight excluding hydrogens is 186 g/mol. The summed E-state index contributed by atoms with van der Waals surface area (Å²) >= 11 is 0. The van der Waals surface area contributed by atoms with Gasteiger partial charge in [-0.2, -0.15) is 0 Å². The average Bonchev–Trinajstić information content (AvgIpc) is 2.18. The summed E-state index contributed by atoms with van der Waals surface area (Å²) in [5.74, 6) is 0. The lowest BCUT2D eigenvalue weighted by Crippen LogP contribution is -2.45. The van der Waals surface area contributed by atoms with Crippen LogP contribution in [0, 0.1) is 5.41 Å². The Morgan fingerprint density at radius 1 is 1.00 bits per heavy atom. The molecule has 0 rings (SSSR count). The predicted octanol–water partition coefficient (Wildman–Crippen LogP) is 3.22. The van der Waals surface area contributed by atoms with Gasteiger partial charge in [0.1, 0.15) is 0 Å². The van der Waals surface area contributed by atoms with Crippen molar-refractivity contribution in [2.75, 3.05) is 19.8 Å². The first-order valence-corrected chi connectivity index (χ1v) is 6.22. The largest absolute Gasteiger partial charge is 0.381 e. The molecule has 0 aromatic rings. The van der Waals surface area contributed by atoms with Gasteiger partial charge in [0, 0.05) is 24.1 Å². The van der Waals surface area contributed by atoms with Crippen LogP contribution in [0.15, 0.2) is 0 Å². The average molecular weight is 215 g/mol. The second-order valence-corrected chi connectivity index (χ2v) is 5.45. The summed E-state index contributed by atoms with van der Waals surface area (Å²) in [4.78, 5) is 0. The van der Waals surface area contributed by atoms with E-state index in [1.54, 1.807) is 0 Å². The van der Waals surface area contributed by atoms with Crippen molar-refractivity contribution in [2.45, 2.75) is 59.9 Å². The number of hydrogen-bond donors (Lipinski definition) is 1.